The van der Waals surface area contributed by atoms with E-state index < -0.39 is 17.6 Å². The number of anilines is 4. The zero-order valence-corrected chi connectivity index (χ0v) is 30.6. The van der Waals surface area contributed by atoms with Crippen molar-refractivity contribution in [2.45, 2.75) is 77.1 Å². The molecule has 1 atom stereocenters. The number of nitrogens with zero attached hydrogens (tertiary/aromatic N) is 3. The summed E-state index contributed by atoms with van der Waals surface area (Å²) in [7, 11) is 1.45. The highest BCUT2D eigenvalue weighted by molar-refractivity contribution is 6.01. The number of carbonyl (C=O) groups excluding carboxylic acids is 3. The van der Waals surface area contributed by atoms with E-state index in [0.717, 1.165) is 54.4 Å². The zero-order valence-electron chi connectivity index (χ0n) is 30.6. The largest absolute Gasteiger partial charge is 0.489 e. The number of benzene rings is 2. The van der Waals surface area contributed by atoms with Gasteiger partial charge in [0.1, 0.15) is 11.6 Å². The van der Waals surface area contributed by atoms with E-state index in [9.17, 15) is 27.6 Å². The van der Waals surface area contributed by atoms with Crippen LogP contribution >= 0.6 is 0 Å². The SMILES string of the molecule is CNC(=O)c1ccccc1Nc1cc(Nc2cc(C)c(C3CCN(Cc4cncc(C5CCC(=O)NC5=O)c4)CC3)cc2OC(C)C)ncc1C(F)(F)F. The van der Waals surface area contributed by atoms with Crippen LogP contribution in [0, 0.1) is 6.92 Å². The van der Waals surface area contributed by atoms with E-state index in [2.05, 4.69) is 36.1 Å². The van der Waals surface area contributed by atoms with Crippen LogP contribution in [0.2, 0.25) is 0 Å². The van der Waals surface area contributed by atoms with Gasteiger partial charge in [0.15, 0.2) is 0 Å². The maximum atomic E-state index is 14.1. The molecular formula is C40H44F3N7O4. The van der Waals surface area contributed by atoms with Gasteiger partial charge in [-0.25, -0.2) is 4.98 Å². The maximum absolute atomic E-state index is 14.1. The lowest BCUT2D eigenvalue weighted by Gasteiger charge is -2.33. The van der Waals surface area contributed by atoms with Crippen LogP contribution < -0.4 is 26.0 Å². The third-order valence-corrected chi connectivity index (χ3v) is 9.76. The number of imide groups is 1. The summed E-state index contributed by atoms with van der Waals surface area (Å²) in [6.45, 7) is 8.23. The molecule has 2 saturated heterocycles. The molecule has 2 aliphatic rings. The number of hydrogen-bond acceptors (Lipinski definition) is 9. The van der Waals surface area contributed by atoms with Crippen LogP contribution in [0.25, 0.3) is 0 Å². The van der Waals surface area contributed by atoms with Gasteiger partial charge in [-0.1, -0.05) is 18.2 Å². The molecule has 284 valence electrons. The highest BCUT2D eigenvalue weighted by Gasteiger charge is 2.35. The van der Waals surface area contributed by atoms with Crippen LogP contribution in [-0.4, -0.2) is 58.8 Å². The first-order chi connectivity index (χ1) is 25.8. The third kappa shape index (κ3) is 8.99. The molecule has 6 rings (SSSR count). The monoisotopic (exact) mass is 743 g/mol. The van der Waals surface area contributed by atoms with Gasteiger partial charge in [0.2, 0.25) is 11.8 Å². The second-order valence-corrected chi connectivity index (χ2v) is 14.0. The lowest BCUT2D eigenvalue weighted by atomic mass is 9.86. The Morgan fingerprint density at radius 2 is 1.74 bits per heavy atom. The number of aryl methyl sites for hydroxylation is 1. The minimum absolute atomic E-state index is 0.160. The Hall–Kier alpha value is -5.50. The second-order valence-electron chi connectivity index (χ2n) is 14.0. The molecule has 14 heteroatoms. The number of rotatable bonds is 11. The first-order valence-electron chi connectivity index (χ1n) is 18.0. The average molecular weight is 744 g/mol. The van der Waals surface area contributed by atoms with E-state index in [4.69, 9.17) is 4.74 Å². The summed E-state index contributed by atoms with van der Waals surface area (Å²) in [5.41, 5.74) is 3.72. The molecule has 54 heavy (non-hydrogen) atoms. The lowest BCUT2D eigenvalue weighted by molar-refractivity contribution is -0.137. The van der Waals surface area contributed by atoms with E-state index >= 15 is 0 Å². The van der Waals surface area contributed by atoms with Crippen molar-refractivity contribution in [3.63, 3.8) is 0 Å². The number of likely N-dealkylation sites (tertiary alicyclic amines) is 1. The number of aromatic nitrogens is 2. The van der Waals surface area contributed by atoms with Gasteiger partial charge in [0.25, 0.3) is 5.91 Å². The topological polar surface area (TPSA) is 138 Å². The van der Waals surface area contributed by atoms with Crippen LogP contribution in [0.5, 0.6) is 5.75 Å². The molecule has 1 unspecified atom stereocenters. The fourth-order valence-electron chi connectivity index (χ4n) is 7.11. The van der Waals surface area contributed by atoms with Gasteiger partial charge in [-0.15, -0.1) is 0 Å². The van der Waals surface area contributed by atoms with Crippen molar-refractivity contribution in [2.75, 3.05) is 30.8 Å². The first-order valence-corrected chi connectivity index (χ1v) is 18.0. The van der Waals surface area contributed by atoms with Crippen molar-refractivity contribution < 1.29 is 32.3 Å². The average Bonchev–Trinajstić information content (AvgIpc) is 3.12. The molecule has 0 aliphatic carbocycles. The molecule has 0 spiro atoms. The summed E-state index contributed by atoms with van der Waals surface area (Å²) < 4.78 is 48.6. The van der Waals surface area contributed by atoms with Gasteiger partial charge in [0.05, 0.1) is 40.2 Å². The molecule has 0 radical (unpaired) electrons. The standard InChI is InChI=1S/C40H44F3N7O4/c1-23(2)54-35-17-30(26-11-13-50(14-12-26)22-25-16-27(20-45-19-25)28-9-10-37(51)49-39(28)53)24(3)15-34(35)48-36-18-33(31(21-46-36)40(41,42)43)47-32-8-6-5-7-29(32)38(52)44-4/h5-8,15-21,23,26,28H,9-14,22H2,1-4H3,(H,44,52)(H2,46,47,48)(H,49,51,53). The molecule has 4 N–H and O–H groups in total. The van der Waals surface area contributed by atoms with Crippen LogP contribution in [-0.2, 0) is 22.3 Å². The van der Waals surface area contributed by atoms with Crippen LogP contribution in [0.4, 0.5) is 36.1 Å². The predicted octanol–water partition coefficient (Wildman–Crippen LogP) is 7.34. The number of carbonyl (C=O) groups is 3. The van der Waals surface area contributed by atoms with Crippen molar-refractivity contribution in [3.05, 3.63) is 101 Å². The summed E-state index contributed by atoms with van der Waals surface area (Å²) in [5.74, 6) is -0.355. The maximum Gasteiger partial charge on any atom is 0.419 e. The van der Waals surface area contributed by atoms with E-state index in [1.807, 2.05) is 45.2 Å². The van der Waals surface area contributed by atoms with Crippen molar-refractivity contribution in [1.29, 1.82) is 0 Å². The molecule has 2 aromatic heterocycles. The quantitative estimate of drug-likeness (QED) is 0.116. The van der Waals surface area contributed by atoms with Crippen LogP contribution in [0.3, 0.4) is 0 Å². The van der Waals surface area contributed by atoms with Crippen molar-refractivity contribution in [1.82, 2.24) is 25.5 Å². The molecule has 11 nitrogen and oxygen atoms in total. The number of alkyl halides is 3. The Labute approximate surface area is 312 Å². The van der Waals surface area contributed by atoms with Gasteiger partial charge < -0.3 is 20.7 Å². The highest BCUT2D eigenvalue weighted by Crippen LogP contribution is 2.41. The molecule has 2 fully saturated rings. The van der Waals surface area contributed by atoms with E-state index in [-0.39, 0.29) is 52.5 Å². The van der Waals surface area contributed by atoms with Crippen molar-refractivity contribution in [3.8, 4) is 5.75 Å². The Bertz CT molecular complexity index is 2030. The predicted molar refractivity (Wildman–Crippen MR) is 199 cm³/mol. The third-order valence-electron chi connectivity index (χ3n) is 9.76. The normalized spacial score (nSPS) is 16.9. The van der Waals surface area contributed by atoms with Crippen LogP contribution in [0.1, 0.15) is 89.5 Å². The minimum Gasteiger partial charge on any atom is -0.489 e. The molecule has 0 saturated carbocycles. The minimum atomic E-state index is -4.70. The summed E-state index contributed by atoms with van der Waals surface area (Å²) in [6.07, 6.45) is 2.02. The van der Waals surface area contributed by atoms with Crippen molar-refractivity contribution >= 4 is 40.6 Å². The van der Waals surface area contributed by atoms with Crippen molar-refractivity contribution in [2.24, 2.45) is 0 Å². The molecule has 4 aromatic rings. The molecule has 2 aliphatic heterocycles. The van der Waals surface area contributed by atoms with E-state index in [0.29, 0.717) is 30.8 Å². The summed E-state index contributed by atoms with van der Waals surface area (Å²) in [6, 6.07) is 13.6. The summed E-state index contributed by atoms with van der Waals surface area (Å²) in [5, 5.41) is 10.9. The molecule has 0 bridgehead atoms. The first kappa shape index (κ1) is 38.2. The number of ether oxygens (including phenoxy) is 1. The summed E-state index contributed by atoms with van der Waals surface area (Å²) in [4.78, 5) is 47.3. The number of nitrogens with one attached hydrogen (secondary N) is 4. The fourth-order valence-corrected chi connectivity index (χ4v) is 7.11. The number of piperidine rings is 2. The van der Waals surface area contributed by atoms with E-state index in [1.54, 1.807) is 18.3 Å². The Balaban J connectivity index is 1.18. The Morgan fingerprint density at radius 3 is 2.44 bits per heavy atom. The smallest absolute Gasteiger partial charge is 0.419 e. The second kappa shape index (κ2) is 16.3. The van der Waals surface area contributed by atoms with Gasteiger partial charge in [0, 0.05) is 44.7 Å². The van der Waals surface area contributed by atoms with Gasteiger partial charge in [-0.2, -0.15) is 13.2 Å². The lowest BCUT2D eigenvalue weighted by Crippen LogP contribution is -2.39. The molecule has 2 aromatic carbocycles. The van der Waals surface area contributed by atoms with E-state index in [1.165, 1.54) is 25.2 Å². The Kier molecular flexibility index (Phi) is 11.5. The van der Waals surface area contributed by atoms with Gasteiger partial charge in [-0.05, 0) is 106 Å². The molecule has 4 heterocycles. The molecule has 3 amide bonds. The number of pyridine rings is 2. The van der Waals surface area contributed by atoms with Crippen LogP contribution in [0.15, 0.2) is 67.1 Å². The number of halogens is 3. The molecular weight excluding hydrogens is 699 g/mol. The number of amides is 3. The Morgan fingerprint density at radius 1 is 0.981 bits per heavy atom. The number of hydrogen-bond donors (Lipinski definition) is 4. The van der Waals surface area contributed by atoms with Gasteiger partial charge in [-0.3, -0.25) is 29.6 Å². The zero-order chi connectivity index (χ0) is 38.6. The highest BCUT2D eigenvalue weighted by atomic mass is 19.4. The fraction of sp³-hybridized carbons (Fsp3) is 0.375. The number of para-hydroxylation sites is 1. The van der Waals surface area contributed by atoms with Gasteiger partial charge >= 0.3 is 6.18 Å². The summed E-state index contributed by atoms with van der Waals surface area (Å²) >= 11 is 0.